The fourth-order valence-corrected chi connectivity index (χ4v) is 3.68. The molecule has 0 aliphatic carbocycles. The van der Waals surface area contributed by atoms with E-state index in [4.69, 9.17) is 5.11 Å². The van der Waals surface area contributed by atoms with E-state index in [-0.39, 0.29) is 12.2 Å². The number of aliphatic hydroxyl groups excluding tert-OH is 1. The van der Waals surface area contributed by atoms with E-state index in [0.29, 0.717) is 34.6 Å². The van der Waals surface area contributed by atoms with E-state index in [1.165, 1.54) is 23.1 Å². The van der Waals surface area contributed by atoms with Crippen molar-refractivity contribution in [3.63, 3.8) is 0 Å². The third-order valence-corrected chi connectivity index (χ3v) is 5.08. The van der Waals surface area contributed by atoms with Gasteiger partial charge in [0.25, 0.3) is 5.56 Å². The van der Waals surface area contributed by atoms with Gasteiger partial charge in [-0.1, -0.05) is 0 Å². The van der Waals surface area contributed by atoms with Crippen LogP contribution >= 0.6 is 23.1 Å². The van der Waals surface area contributed by atoms with Crippen molar-refractivity contribution in [2.45, 2.75) is 24.1 Å². The van der Waals surface area contributed by atoms with E-state index < -0.39 is 0 Å². The molecule has 0 aliphatic heterocycles. The second-order valence-corrected chi connectivity index (χ2v) is 6.05. The van der Waals surface area contributed by atoms with Crippen molar-refractivity contribution in [3.05, 3.63) is 21.7 Å². The Morgan fingerprint density at radius 2 is 2.32 bits per heavy atom. The third-order valence-electron chi connectivity index (χ3n) is 2.79. The van der Waals surface area contributed by atoms with Crippen LogP contribution in [-0.4, -0.2) is 27.5 Å². The maximum Gasteiger partial charge on any atom is 0.271 e. The lowest BCUT2D eigenvalue weighted by Gasteiger charge is -2.07. The molecule has 0 amide bonds. The molecule has 0 atom stereocenters. The van der Waals surface area contributed by atoms with Crippen molar-refractivity contribution in [2.75, 3.05) is 12.9 Å². The van der Waals surface area contributed by atoms with Crippen molar-refractivity contribution in [3.8, 4) is 6.07 Å². The molecule has 2 aromatic heterocycles. The molecular weight excluding hydrogens is 282 g/mol. The van der Waals surface area contributed by atoms with Gasteiger partial charge < -0.3 is 5.11 Å². The summed E-state index contributed by atoms with van der Waals surface area (Å²) in [5.74, 6) is 0.577. The van der Waals surface area contributed by atoms with Crippen LogP contribution in [0.2, 0.25) is 0 Å². The number of thiophene rings is 1. The van der Waals surface area contributed by atoms with E-state index in [0.717, 1.165) is 4.21 Å². The summed E-state index contributed by atoms with van der Waals surface area (Å²) in [5, 5.41) is 18.1. The molecule has 0 spiro atoms. The van der Waals surface area contributed by atoms with Gasteiger partial charge in [-0.3, -0.25) is 9.36 Å². The Balaban J connectivity index is 2.72. The van der Waals surface area contributed by atoms with Crippen LogP contribution in [0.4, 0.5) is 0 Å². The molecule has 2 aromatic rings. The number of nitrogens with zero attached hydrogens (tertiary/aromatic N) is 3. The number of nitriles is 1. The summed E-state index contributed by atoms with van der Waals surface area (Å²) >= 11 is 2.77. The van der Waals surface area contributed by atoms with Crippen LogP contribution < -0.4 is 5.56 Å². The summed E-state index contributed by atoms with van der Waals surface area (Å²) in [6, 6.07) is 2.13. The fourth-order valence-electron chi connectivity index (χ4n) is 1.88. The lowest BCUT2D eigenvalue weighted by Crippen LogP contribution is -2.23. The summed E-state index contributed by atoms with van der Waals surface area (Å²) in [6.45, 7) is 2.22. The van der Waals surface area contributed by atoms with Gasteiger partial charge in [-0.2, -0.15) is 5.26 Å². The van der Waals surface area contributed by atoms with Crippen LogP contribution in [0.25, 0.3) is 10.2 Å². The molecule has 0 unspecified atom stereocenters. The smallest absolute Gasteiger partial charge is 0.271 e. The molecule has 7 heteroatoms. The average molecular weight is 295 g/mol. The highest BCUT2D eigenvalue weighted by molar-refractivity contribution is 8.00. The molecule has 1 N–H and O–H groups in total. The minimum Gasteiger partial charge on any atom is -0.396 e. The molecule has 0 aliphatic rings. The minimum absolute atomic E-state index is 0.0356. The molecule has 0 fully saturated rings. The zero-order valence-corrected chi connectivity index (χ0v) is 12.3. The van der Waals surface area contributed by atoms with Crippen molar-refractivity contribution in [2.24, 2.45) is 0 Å². The average Bonchev–Trinajstić information content (AvgIpc) is 2.76. The van der Waals surface area contributed by atoms with Gasteiger partial charge in [0, 0.05) is 13.2 Å². The van der Waals surface area contributed by atoms with Crippen LogP contribution in [0.1, 0.15) is 17.8 Å². The first-order valence-corrected chi connectivity index (χ1v) is 7.77. The lowest BCUT2D eigenvalue weighted by molar-refractivity contribution is 0.278. The quantitative estimate of drug-likeness (QED) is 0.869. The largest absolute Gasteiger partial charge is 0.396 e. The molecule has 0 aromatic carbocycles. The number of thioether (sulfide) groups is 1. The second-order valence-electron chi connectivity index (χ2n) is 3.95. The minimum atomic E-state index is -0.127. The van der Waals surface area contributed by atoms with Gasteiger partial charge in [0.2, 0.25) is 0 Å². The molecule has 0 saturated heterocycles. The van der Waals surface area contributed by atoms with Gasteiger partial charge in [-0.25, -0.2) is 4.98 Å². The Morgan fingerprint density at radius 1 is 1.58 bits per heavy atom. The third kappa shape index (κ3) is 2.39. The Kier molecular flexibility index (Phi) is 4.24. The zero-order valence-electron chi connectivity index (χ0n) is 10.6. The van der Waals surface area contributed by atoms with Gasteiger partial charge in [-0.15, -0.1) is 23.1 Å². The predicted octanol–water partition coefficient (Wildman–Crippen LogP) is 1.74. The molecule has 0 bridgehead atoms. The summed E-state index contributed by atoms with van der Waals surface area (Å²) in [7, 11) is 0. The Labute approximate surface area is 118 Å². The van der Waals surface area contributed by atoms with Gasteiger partial charge in [0.05, 0.1) is 4.21 Å². The van der Waals surface area contributed by atoms with Crippen LogP contribution in [0.3, 0.4) is 0 Å². The summed E-state index contributed by atoms with van der Waals surface area (Å²) < 4.78 is 2.89. The van der Waals surface area contributed by atoms with Crippen LogP contribution in [0.5, 0.6) is 0 Å². The fraction of sp³-hybridized carbons (Fsp3) is 0.417. The summed E-state index contributed by atoms with van der Waals surface area (Å²) in [4.78, 5) is 16.8. The molecule has 19 heavy (non-hydrogen) atoms. The summed E-state index contributed by atoms with van der Waals surface area (Å²) in [5.41, 5.74) is 0.861. The van der Waals surface area contributed by atoms with Gasteiger partial charge in [0.1, 0.15) is 27.7 Å². The number of aryl methyl sites for hydroxylation is 1. The molecule has 2 rings (SSSR count). The molecule has 2 heterocycles. The van der Waals surface area contributed by atoms with E-state index in [1.807, 2.05) is 6.26 Å². The molecule has 100 valence electrons. The van der Waals surface area contributed by atoms with Crippen molar-refractivity contribution < 1.29 is 5.11 Å². The topological polar surface area (TPSA) is 78.9 Å². The highest BCUT2D eigenvalue weighted by Gasteiger charge is 2.17. The summed E-state index contributed by atoms with van der Waals surface area (Å²) in [6.07, 6.45) is 2.39. The standard InChI is InChI=1S/C12H13N3O2S2/c1-7-14-9-8(6-13)12(18-2)19-10(9)11(17)15(7)4-3-5-16/h16H,3-5H2,1-2H3. The van der Waals surface area contributed by atoms with Crippen LogP contribution in [0.15, 0.2) is 9.00 Å². The van der Waals surface area contributed by atoms with Crippen molar-refractivity contribution in [1.29, 1.82) is 5.26 Å². The molecule has 5 nitrogen and oxygen atoms in total. The Morgan fingerprint density at radius 3 is 2.89 bits per heavy atom. The van der Waals surface area contributed by atoms with Gasteiger partial charge >= 0.3 is 0 Å². The van der Waals surface area contributed by atoms with Gasteiger partial charge in [-0.05, 0) is 19.6 Å². The van der Waals surface area contributed by atoms with E-state index >= 15 is 0 Å². The highest BCUT2D eigenvalue weighted by atomic mass is 32.2. The predicted molar refractivity (Wildman–Crippen MR) is 76.8 cm³/mol. The van der Waals surface area contributed by atoms with E-state index in [1.54, 1.807) is 11.5 Å². The molecular formula is C12H13N3O2S2. The number of aromatic nitrogens is 2. The number of fused-ring (bicyclic) bond motifs is 1. The monoisotopic (exact) mass is 295 g/mol. The first kappa shape index (κ1) is 14.1. The lowest BCUT2D eigenvalue weighted by atomic mass is 10.3. The number of aliphatic hydroxyl groups is 1. The van der Waals surface area contributed by atoms with E-state index in [9.17, 15) is 10.1 Å². The first-order valence-electron chi connectivity index (χ1n) is 5.73. The Hall–Kier alpha value is -1.36. The number of hydrogen-bond donors (Lipinski definition) is 1. The van der Waals surface area contributed by atoms with Crippen LogP contribution in [0, 0.1) is 18.3 Å². The highest BCUT2D eigenvalue weighted by Crippen LogP contribution is 2.33. The molecule has 0 radical (unpaired) electrons. The maximum absolute atomic E-state index is 12.4. The zero-order chi connectivity index (χ0) is 14.0. The van der Waals surface area contributed by atoms with Gasteiger partial charge in [0.15, 0.2) is 0 Å². The second kappa shape index (κ2) is 5.74. The number of rotatable bonds is 4. The van der Waals surface area contributed by atoms with Crippen molar-refractivity contribution >= 4 is 33.3 Å². The maximum atomic E-state index is 12.4. The normalized spacial score (nSPS) is 10.8. The van der Waals surface area contributed by atoms with Crippen molar-refractivity contribution in [1.82, 2.24) is 9.55 Å². The molecule has 0 saturated carbocycles. The SMILES string of the molecule is CSc1sc2c(=O)n(CCCO)c(C)nc2c1C#N. The number of hydrogen-bond acceptors (Lipinski definition) is 6. The Bertz CT molecular complexity index is 712. The van der Waals surface area contributed by atoms with E-state index in [2.05, 4.69) is 11.1 Å². The first-order chi connectivity index (χ1) is 9.13. The van der Waals surface area contributed by atoms with Crippen LogP contribution in [-0.2, 0) is 6.54 Å².